The molecule has 7 heteroatoms. The highest BCUT2D eigenvalue weighted by molar-refractivity contribution is 14.1. The normalized spacial score (nSPS) is 20.8. The van der Waals surface area contributed by atoms with Crippen LogP contribution in [0.1, 0.15) is 50.4 Å². The van der Waals surface area contributed by atoms with Crippen LogP contribution in [0.4, 0.5) is 4.79 Å². The number of urea groups is 1. The van der Waals surface area contributed by atoms with E-state index in [4.69, 9.17) is 0 Å². The van der Waals surface area contributed by atoms with Gasteiger partial charge in [-0.3, -0.25) is 19.7 Å². The zero-order valence-electron chi connectivity index (χ0n) is 14.5. The van der Waals surface area contributed by atoms with Crippen LogP contribution in [0.5, 0.6) is 0 Å². The number of benzene rings is 1. The highest BCUT2D eigenvalue weighted by Crippen LogP contribution is 2.35. The van der Waals surface area contributed by atoms with E-state index in [1.807, 2.05) is 36.4 Å². The summed E-state index contributed by atoms with van der Waals surface area (Å²) in [5, 5.41) is 2.20. The second-order valence-electron chi connectivity index (χ2n) is 6.58. The second-order valence-corrected chi connectivity index (χ2v) is 7.83. The fraction of sp³-hybridized carbons (Fsp3) is 0.444. The van der Waals surface area contributed by atoms with Crippen LogP contribution in [0.15, 0.2) is 24.3 Å². The number of carbonyl (C=O) groups excluding carboxylic acids is 4. The Hall–Kier alpha value is -1.77. The third-order valence-electron chi connectivity index (χ3n) is 4.50. The summed E-state index contributed by atoms with van der Waals surface area (Å²) in [6.45, 7) is 5.71. The summed E-state index contributed by atoms with van der Waals surface area (Å²) in [4.78, 5) is 51.0. The number of hydrogen-bond acceptors (Lipinski definition) is 4. The predicted octanol–water partition coefficient (Wildman–Crippen LogP) is 3.34. The van der Waals surface area contributed by atoms with Crippen molar-refractivity contribution < 1.29 is 19.2 Å². The van der Waals surface area contributed by atoms with Gasteiger partial charge in [-0.05, 0) is 66.0 Å². The Bertz CT molecular complexity index is 732. The van der Waals surface area contributed by atoms with Crippen molar-refractivity contribution in [3.05, 3.63) is 33.4 Å². The Balaban J connectivity index is 2.40. The molecular formula is C18H21IN2O4. The summed E-state index contributed by atoms with van der Waals surface area (Å²) in [5.41, 5.74) is -1.14. The van der Waals surface area contributed by atoms with Crippen molar-refractivity contribution in [2.24, 2.45) is 11.3 Å². The van der Waals surface area contributed by atoms with Crippen LogP contribution in [-0.2, 0) is 9.59 Å². The Labute approximate surface area is 160 Å². The molecule has 1 aromatic rings. The van der Waals surface area contributed by atoms with Gasteiger partial charge in [0.05, 0.1) is 0 Å². The standard InChI is InChI=1S/C18H21IN2O4/c1-4-18(9-8-11(2)3)15(23)20-17(25)21(16(18)24)14(22)12-6-5-7-13(19)10-12/h5-7,10-11H,4,8-9H2,1-3H3,(H,20,23,25)/t18-/m0/s1. The number of imide groups is 4. The molecule has 1 N–H and O–H groups in total. The van der Waals surface area contributed by atoms with Crippen LogP contribution >= 0.6 is 22.6 Å². The van der Waals surface area contributed by atoms with Gasteiger partial charge >= 0.3 is 6.03 Å². The second kappa shape index (κ2) is 7.63. The lowest BCUT2D eigenvalue weighted by Crippen LogP contribution is -2.65. The van der Waals surface area contributed by atoms with Crippen LogP contribution in [-0.4, -0.2) is 28.7 Å². The molecule has 1 heterocycles. The van der Waals surface area contributed by atoms with Crippen molar-refractivity contribution in [3.63, 3.8) is 0 Å². The summed E-state index contributed by atoms with van der Waals surface area (Å²) in [7, 11) is 0. The first-order chi connectivity index (χ1) is 11.7. The molecule has 5 amide bonds. The number of halogens is 1. The van der Waals surface area contributed by atoms with E-state index >= 15 is 0 Å². The van der Waals surface area contributed by atoms with Crippen LogP contribution in [0.3, 0.4) is 0 Å². The van der Waals surface area contributed by atoms with E-state index in [-0.39, 0.29) is 12.0 Å². The van der Waals surface area contributed by atoms with E-state index in [0.29, 0.717) is 23.7 Å². The lowest BCUT2D eigenvalue weighted by molar-refractivity contribution is -0.150. The topological polar surface area (TPSA) is 83.6 Å². The first-order valence-electron chi connectivity index (χ1n) is 8.22. The molecule has 1 atom stereocenters. The summed E-state index contributed by atoms with van der Waals surface area (Å²) < 4.78 is 0.811. The van der Waals surface area contributed by atoms with Crippen LogP contribution in [0.2, 0.25) is 0 Å². The zero-order chi connectivity index (χ0) is 18.8. The Morgan fingerprint density at radius 1 is 1.28 bits per heavy atom. The highest BCUT2D eigenvalue weighted by atomic mass is 127. The van der Waals surface area contributed by atoms with E-state index in [1.165, 1.54) is 0 Å². The molecule has 0 aliphatic carbocycles. The third-order valence-corrected chi connectivity index (χ3v) is 5.17. The van der Waals surface area contributed by atoms with Crippen LogP contribution < -0.4 is 5.32 Å². The molecule has 1 aromatic carbocycles. The van der Waals surface area contributed by atoms with Crippen molar-refractivity contribution in [3.8, 4) is 0 Å². The minimum atomic E-state index is -1.38. The maximum atomic E-state index is 13.0. The van der Waals surface area contributed by atoms with Gasteiger partial charge in [-0.15, -0.1) is 0 Å². The van der Waals surface area contributed by atoms with Gasteiger partial charge in [-0.2, -0.15) is 4.90 Å². The fourth-order valence-corrected chi connectivity index (χ4v) is 3.40. The van der Waals surface area contributed by atoms with Crippen molar-refractivity contribution in [1.82, 2.24) is 10.2 Å². The van der Waals surface area contributed by atoms with Crippen LogP contribution in [0.25, 0.3) is 0 Å². The molecule has 0 bridgehead atoms. The number of nitrogens with one attached hydrogen (secondary N) is 1. The zero-order valence-corrected chi connectivity index (χ0v) is 16.6. The lowest BCUT2D eigenvalue weighted by Gasteiger charge is -2.38. The molecule has 0 saturated carbocycles. The summed E-state index contributed by atoms with van der Waals surface area (Å²) >= 11 is 2.05. The van der Waals surface area contributed by atoms with Crippen molar-refractivity contribution in [2.75, 3.05) is 0 Å². The van der Waals surface area contributed by atoms with Gasteiger partial charge in [-0.25, -0.2) is 4.79 Å². The van der Waals surface area contributed by atoms with Crippen molar-refractivity contribution in [2.45, 2.75) is 40.0 Å². The minimum Gasteiger partial charge on any atom is -0.276 e. The van der Waals surface area contributed by atoms with E-state index in [9.17, 15) is 19.2 Å². The van der Waals surface area contributed by atoms with Crippen molar-refractivity contribution >= 4 is 46.3 Å². The lowest BCUT2D eigenvalue weighted by atomic mass is 9.75. The van der Waals surface area contributed by atoms with E-state index in [2.05, 4.69) is 5.32 Å². The summed E-state index contributed by atoms with van der Waals surface area (Å²) in [5.74, 6) is -1.76. The molecular weight excluding hydrogens is 435 g/mol. The number of barbiturate groups is 1. The largest absolute Gasteiger partial charge is 0.338 e. The summed E-state index contributed by atoms with van der Waals surface area (Å²) in [6.07, 6.45) is 1.18. The molecule has 1 aliphatic rings. The molecule has 1 saturated heterocycles. The maximum absolute atomic E-state index is 13.0. The Morgan fingerprint density at radius 3 is 2.52 bits per heavy atom. The Kier molecular flexibility index (Phi) is 5.97. The molecule has 0 unspecified atom stereocenters. The smallest absolute Gasteiger partial charge is 0.276 e. The van der Waals surface area contributed by atoms with Crippen molar-refractivity contribution in [1.29, 1.82) is 0 Å². The van der Waals surface area contributed by atoms with E-state index < -0.39 is 29.2 Å². The molecule has 6 nitrogen and oxygen atoms in total. The molecule has 1 fully saturated rings. The monoisotopic (exact) mass is 456 g/mol. The van der Waals surface area contributed by atoms with Gasteiger partial charge in [-0.1, -0.05) is 26.8 Å². The number of amides is 5. The number of carbonyl (C=O) groups is 4. The maximum Gasteiger partial charge on any atom is 0.338 e. The SMILES string of the molecule is CC[C@]1(CCC(C)C)C(=O)NC(=O)N(C(=O)c2cccc(I)c2)C1=O. The van der Waals surface area contributed by atoms with Gasteiger partial charge in [0.25, 0.3) is 11.8 Å². The number of nitrogens with zero attached hydrogens (tertiary/aromatic N) is 1. The average molecular weight is 456 g/mol. The first-order valence-corrected chi connectivity index (χ1v) is 9.30. The van der Waals surface area contributed by atoms with E-state index in [1.54, 1.807) is 31.2 Å². The van der Waals surface area contributed by atoms with Gasteiger partial charge < -0.3 is 0 Å². The molecule has 2 rings (SSSR count). The van der Waals surface area contributed by atoms with Gasteiger partial charge in [0.1, 0.15) is 5.41 Å². The number of hydrogen-bond donors (Lipinski definition) is 1. The van der Waals surface area contributed by atoms with Crippen LogP contribution in [0, 0.1) is 14.9 Å². The average Bonchev–Trinajstić information content (AvgIpc) is 2.54. The van der Waals surface area contributed by atoms with Gasteiger partial charge in [0, 0.05) is 9.13 Å². The molecule has 1 aliphatic heterocycles. The predicted molar refractivity (Wildman–Crippen MR) is 101 cm³/mol. The van der Waals surface area contributed by atoms with E-state index in [0.717, 1.165) is 3.57 Å². The highest BCUT2D eigenvalue weighted by Gasteiger charge is 2.54. The Morgan fingerprint density at radius 2 is 1.96 bits per heavy atom. The summed E-state index contributed by atoms with van der Waals surface area (Å²) in [6, 6.07) is 5.65. The fourth-order valence-electron chi connectivity index (χ4n) is 2.86. The molecule has 0 spiro atoms. The molecule has 0 aromatic heterocycles. The van der Waals surface area contributed by atoms with Gasteiger partial charge in [0.2, 0.25) is 5.91 Å². The molecule has 134 valence electrons. The molecule has 25 heavy (non-hydrogen) atoms. The number of rotatable bonds is 5. The first kappa shape index (κ1) is 19.6. The quantitative estimate of drug-likeness (QED) is 0.419. The molecule has 0 radical (unpaired) electrons. The van der Waals surface area contributed by atoms with Gasteiger partial charge in [0.15, 0.2) is 0 Å². The minimum absolute atomic E-state index is 0.230. The third kappa shape index (κ3) is 3.75.